The molecule has 17 heavy (non-hydrogen) atoms. The van der Waals surface area contributed by atoms with E-state index in [1.807, 2.05) is 4.98 Å². The van der Waals surface area contributed by atoms with Crippen molar-refractivity contribution < 1.29 is 14.6 Å². The first-order valence-corrected chi connectivity index (χ1v) is 5.89. The standard InChI is InChI=1S/C9H11FN2O4S/c10-6-7(15)4(3-13)17-8(6)12-2-1-5(14)11-9(12)16/h1-2,4,6-8,13,15H,3H2,(H,11,14,16)/t4-,6?,7+,8+/m1/s1. The van der Waals surface area contributed by atoms with Crippen molar-refractivity contribution in [3.8, 4) is 0 Å². The highest BCUT2D eigenvalue weighted by Gasteiger charge is 2.44. The molecule has 2 heterocycles. The molecule has 2 rings (SSSR count). The zero-order valence-corrected chi connectivity index (χ0v) is 9.43. The minimum absolute atomic E-state index is 0.374. The van der Waals surface area contributed by atoms with Crippen molar-refractivity contribution in [1.29, 1.82) is 0 Å². The lowest BCUT2D eigenvalue weighted by Gasteiger charge is -2.15. The maximum absolute atomic E-state index is 13.8. The Bertz CT molecular complexity index is 516. The van der Waals surface area contributed by atoms with Crippen LogP contribution in [0.15, 0.2) is 21.9 Å². The van der Waals surface area contributed by atoms with Crippen molar-refractivity contribution in [3.63, 3.8) is 0 Å². The molecule has 3 N–H and O–H groups in total. The van der Waals surface area contributed by atoms with Gasteiger partial charge in [-0.3, -0.25) is 14.3 Å². The third-order valence-corrected chi connectivity index (χ3v) is 4.14. The molecule has 1 aliphatic rings. The summed E-state index contributed by atoms with van der Waals surface area (Å²) in [6, 6.07) is 1.10. The van der Waals surface area contributed by atoms with Gasteiger partial charge in [0.05, 0.1) is 11.9 Å². The van der Waals surface area contributed by atoms with E-state index in [-0.39, 0.29) is 6.61 Å². The molecule has 8 heteroatoms. The van der Waals surface area contributed by atoms with E-state index in [9.17, 15) is 19.1 Å². The van der Waals surface area contributed by atoms with Gasteiger partial charge in [0.1, 0.15) is 11.5 Å². The van der Waals surface area contributed by atoms with E-state index in [4.69, 9.17) is 5.11 Å². The molecule has 0 amide bonds. The Labute approximate surface area is 99.1 Å². The molecule has 4 atom stereocenters. The SMILES string of the molecule is O=c1ccn([C@H]2S[C@H](CO)[C@H](O)C2F)c(=O)[nH]1. The topological polar surface area (TPSA) is 95.3 Å². The van der Waals surface area contributed by atoms with Crippen LogP contribution in [-0.4, -0.2) is 43.9 Å². The molecule has 1 unspecified atom stereocenters. The van der Waals surface area contributed by atoms with E-state index in [0.717, 1.165) is 22.4 Å². The van der Waals surface area contributed by atoms with Gasteiger partial charge in [-0.15, -0.1) is 11.8 Å². The van der Waals surface area contributed by atoms with Crippen molar-refractivity contribution in [3.05, 3.63) is 33.1 Å². The zero-order valence-electron chi connectivity index (χ0n) is 8.62. The van der Waals surface area contributed by atoms with Gasteiger partial charge in [0, 0.05) is 12.3 Å². The first kappa shape index (κ1) is 12.3. The fraction of sp³-hybridized carbons (Fsp3) is 0.556. The summed E-state index contributed by atoms with van der Waals surface area (Å²) in [5, 5.41) is 16.8. The van der Waals surface area contributed by atoms with Gasteiger partial charge in [-0.05, 0) is 0 Å². The van der Waals surface area contributed by atoms with Crippen LogP contribution in [0, 0.1) is 0 Å². The Hall–Kier alpha value is -1.12. The first-order chi connectivity index (χ1) is 8.04. The molecule has 0 saturated carbocycles. The average molecular weight is 262 g/mol. The van der Waals surface area contributed by atoms with Gasteiger partial charge in [-0.1, -0.05) is 0 Å². The Morgan fingerprint density at radius 3 is 2.76 bits per heavy atom. The molecule has 1 saturated heterocycles. The van der Waals surface area contributed by atoms with E-state index in [0.29, 0.717) is 0 Å². The summed E-state index contributed by atoms with van der Waals surface area (Å²) in [6.07, 6.45) is -1.81. The smallest absolute Gasteiger partial charge is 0.329 e. The second-order valence-corrected chi connectivity index (χ2v) is 5.06. The van der Waals surface area contributed by atoms with E-state index in [2.05, 4.69) is 0 Å². The lowest BCUT2D eigenvalue weighted by molar-refractivity contribution is 0.0631. The highest BCUT2D eigenvalue weighted by Crippen LogP contribution is 2.42. The fourth-order valence-corrected chi connectivity index (χ4v) is 3.07. The fourth-order valence-electron chi connectivity index (χ4n) is 1.71. The molecule has 6 nitrogen and oxygen atoms in total. The summed E-state index contributed by atoms with van der Waals surface area (Å²) in [6.45, 7) is -0.374. The third-order valence-electron chi connectivity index (χ3n) is 2.60. The Balaban J connectivity index is 2.35. The van der Waals surface area contributed by atoms with Crippen LogP contribution in [-0.2, 0) is 0 Å². The van der Waals surface area contributed by atoms with Crippen molar-refractivity contribution in [2.75, 3.05) is 6.61 Å². The monoisotopic (exact) mass is 262 g/mol. The first-order valence-electron chi connectivity index (χ1n) is 4.94. The number of hydrogen-bond donors (Lipinski definition) is 3. The van der Waals surface area contributed by atoms with Gasteiger partial charge in [0.2, 0.25) is 0 Å². The molecule has 0 radical (unpaired) electrons. The second-order valence-electron chi connectivity index (χ2n) is 3.70. The minimum atomic E-state index is -1.67. The van der Waals surface area contributed by atoms with Gasteiger partial charge in [-0.25, -0.2) is 9.18 Å². The molecule has 94 valence electrons. The van der Waals surface area contributed by atoms with Crippen LogP contribution >= 0.6 is 11.8 Å². The molecule has 1 aromatic heterocycles. The number of halogens is 1. The van der Waals surface area contributed by atoms with Gasteiger partial charge in [0.15, 0.2) is 6.17 Å². The van der Waals surface area contributed by atoms with Gasteiger partial charge in [0.25, 0.3) is 5.56 Å². The number of thioether (sulfide) groups is 1. The molecule has 0 spiro atoms. The Kier molecular flexibility index (Phi) is 3.36. The third kappa shape index (κ3) is 2.15. The van der Waals surface area contributed by atoms with Crippen LogP contribution in [0.4, 0.5) is 4.39 Å². The summed E-state index contributed by atoms with van der Waals surface area (Å²) in [5.74, 6) is 0. The molecule has 1 aromatic rings. The van der Waals surface area contributed by atoms with Crippen LogP contribution in [0.25, 0.3) is 0 Å². The number of aromatic amines is 1. The van der Waals surface area contributed by atoms with E-state index < -0.39 is 34.1 Å². The predicted molar refractivity (Wildman–Crippen MR) is 59.7 cm³/mol. The quantitative estimate of drug-likeness (QED) is 0.625. The summed E-state index contributed by atoms with van der Waals surface area (Å²) >= 11 is 0.966. The average Bonchev–Trinajstić information content (AvgIpc) is 2.57. The molecule has 0 bridgehead atoms. The number of alkyl halides is 1. The van der Waals surface area contributed by atoms with E-state index in [1.54, 1.807) is 0 Å². The van der Waals surface area contributed by atoms with Gasteiger partial charge >= 0.3 is 5.69 Å². The second kappa shape index (κ2) is 4.63. The lowest BCUT2D eigenvalue weighted by atomic mass is 10.1. The number of nitrogens with zero attached hydrogens (tertiary/aromatic N) is 1. The Morgan fingerprint density at radius 2 is 2.24 bits per heavy atom. The summed E-state index contributed by atoms with van der Waals surface area (Å²) < 4.78 is 14.8. The number of aromatic nitrogens is 2. The van der Waals surface area contributed by atoms with Crippen LogP contribution in [0.3, 0.4) is 0 Å². The minimum Gasteiger partial charge on any atom is -0.395 e. The van der Waals surface area contributed by atoms with Crippen molar-refractivity contribution in [2.24, 2.45) is 0 Å². The number of aliphatic hydroxyl groups excluding tert-OH is 2. The molecule has 1 aliphatic heterocycles. The highest BCUT2D eigenvalue weighted by atomic mass is 32.2. The number of nitrogens with one attached hydrogen (secondary N) is 1. The number of aliphatic hydroxyl groups is 2. The molecular weight excluding hydrogens is 251 g/mol. The predicted octanol–water partition coefficient (Wildman–Crippen LogP) is -1.16. The van der Waals surface area contributed by atoms with E-state index in [1.165, 1.54) is 6.20 Å². The maximum Gasteiger partial charge on any atom is 0.329 e. The van der Waals surface area contributed by atoms with Crippen molar-refractivity contribution >= 4 is 11.8 Å². The van der Waals surface area contributed by atoms with Crippen molar-refractivity contribution in [1.82, 2.24) is 9.55 Å². The zero-order chi connectivity index (χ0) is 12.6. The molecule has 0 aliphatic carbocycles. The van der Waals surface area contributed by atoms with Crippen LogP contribution < -0.4 is 11.2 Å². The summed E-state index contributed by atoms with van der Waals surface area (Å²) in [5.41, 5.74) is -1.30. The normalized spacial score (nSPS) is 32.9. The van der Waals surface area contributed by atoms with Crippen LogP contribution in [0.2, 0.25) is 0 Å². The summed E-state index contributed by atoms with van der Waals surface area (Å²) in [4.78, 5) is 24.3. The Morgan fingerprint density at radius 1 is 1.53 bits per heavy atom. The molecule has 0 aromatic carbocycles. The number of hydrogen-bond acceptors (Lipinski definition) is 5. The number of rotatable bonds is 2. The van der Waals surface area contributed by atoms with Crippen molar-refractivity contribution in [2.45, 2.75) is 22.9 Å². The lowest BCUT2D eigenvalue weighted by Crippen LogP contribution is -2.35. The van der Waals surface area contributed by atoms with Crippen LogP contribution in [0.5, 0.6) is 0 Å². The molecular formula is C9H11FN2O4S. The van der Waals surface area contributed by atoms with E-state index >= 15 is 0 Å². The van der Waals surface area contributed by atoms with Gasteiger partial charge < -0.3 is 10.2 Å². The van der Waals surface area contributed by atoms with Crippen LogP contribution in [0.1, 0.15) is 5.37 Å². The molecule has 1 fully saturated rings. The highest BCUT2D eigenvalue weighted by molar-refractivity contribution is 8.00. The maximum atomic E-state index is 13.8. The summed E-state index contributed by atoms with van der Waals surface area (Å²) in [7, 11) is 0. The largest absolute Gasteiger partial charge is 0.395 e. The number of H-pyrrole nitrogens is 1. The van der Waals surface area contributed by atoms with Gasteiger partial charge in [-0.2, -0.15) is 0 Å².